The zero-order chi connectivity index (χ0) is 16.0. The van der Waals surface area contributed by atoms with Crippen molar-refractivity contribution >= 4 is 18.0 Å². The predicted molar refractivity (Wildman–Crippen MR) is 73.0 cm³/mol. The number of hydrogen-bond donors (Lipinski definition) is 2. The lowest BCUT2D eigenvalue weighted by molar-refractivity contribution is -0.150. The molecule has 0 aliphatic carbocycles. The number of ether oxygens (including phenoxy) is 2. The van der Waals surface area contributed by atoms with Gasteiger partial charge in [0.1, 0.15) is 5.60 Å². The molecule has 2 amide bonds. The molecule has 0 aliphatic heterocycles. The van der Waals surface area contributed by atoms with Gasteiger partial charge in [0.05, 0.1) is 19.1 Å². The molecule has 2 N–H and O–H groups in total. The number of alkyl carbamates (subject to hydrolysis) is 1. The van der Waals surface area contributed by atoms with Crippen molar-refractivity contribution in [3.05, 3.63) is 0 Å². The molecule has 0 rings (SSSR count). The van der Waals surface area contributed by atoms with Crippen molar-refractivity contribution < 1.29 is 23.9 Å². The van der Waals surface area contributed by atoms with Crippen molar-refractivity contribution in [2.24, 2.45) is 5.41 Å². The molecule has 0 unspecified atom stereocenters. The Hall–Kier alpha value is -1.79. The lowest BCUT2D eigenvalue weighted by atomic mass is 9.94. The largest absolute Gasteiger partial charge is 0.469 e. The molecule has 0 fully saturated rings. The quantitative estimate of drug-likeness (QED) is 0.731. The summed E-state index contributed by atoms with van der Waals surface area (Å²) in [5.74, 6) is -0.828. The first-order valence-corrected chi connectivity index (χ1v) is 6.30. The molecule has 0 radical (unpaired) electrons. The van der Waals surface area contributed by atoms with Gasteiger partial charge in [-0.15, -0.1) is 0 Å². The van der Waals surface area contributed by atoms with Crippen molar-refractivity contribution in [3.8, 4) is 0 Å². The van der Waals surface area contributed by atoms with E-state index in [0.29, 0.717) is 0 Å². The number of hydrogen-bond acceptors (Lipinski definition) is 5. The molecule has 0 aromatic carbocycles. The van der Waals surface area contributed by atoms with E-state index in [2.05, 4.69) is 15.4 Å². The molecule has 0 heterocycles. The molecule has 0 saturated carbocycles. The fourth-order valence-electron chi connectivity index (χ4n) is 1.20. The first kappa shape index (κ1) is 18.2. The Morgan fingerprint density at radius 2 is 1.55 bits per heavy atom. The van der Waals surface area contributed by atoms with Crippen LogP contribution in [-0.2, 0) is 19.1 Å². The number of rotatable bonds is 5. The van der Waals surface area contributed by atoms with Crippen LogP contribution in [0.5, 0.6) is 0 Å². The summed E-state index contributed by atoms with van der Waals surface area (Å²) in [7, 11) is 1.29. The van der Waals surface area contributed by atoms with Crippen LogP contribution in [0.4, 0.5) is 4.79 Å². The van der Waals surface area contributed by atoms with Gasteiger partial charge in [0.25, 0.3) is 0 Å². The lowest BCUT2D eigenvalue weighted by Gasteiger charge is -2.22. The van der Waals surface area contributed by atoms with Crippen molar-refractivity contribution in [1.29, 1.82) is 0 Å². The molecule has 0 bridgehead atoms. The lowest BCUT2D eigenvalue weighted by Crippen LogP contribution is -2.44. The van der Waals surface area contributed by atoms with Crippen LogP contribution in [0.1, 0.15) is 34.6 Å². The Bertz CT molecular complexity index is 371. The Balaban J connectivity index is 4.08. The first-order chi connectivity index (χ1) is 8.98. The maximum atomic E-state index is 11.5. The van der Waals surface area contributed by atoms with E-state index in [9.17, 15) is 14.4 Å². The number of methoxy groups -OCH3 is 1. The average molecular weight is 288 g/mol. The summed E-state index contributed by atoms with van der Waals surface area (Å²) in [6.45, 7) is 8.39. The molecular formula is C13H24N2O5. The molecule has 20 heavy (non-hydrogen) atoms. The van der Waals surface area contributed by atoms with Crippen LogP contribution < -0.4 is 10.6 Å². The topological polar surface area (TPSA) is 93.7 Å². The normalized spacial score (nSPS) is 11.5. The van der Waals surface area contributed by atoms with Gasteiger partial charge in [-0.3, -0.25) is 9.59 Å². The minimum atomic E-state index is -0.823. The van der Waals surface area contributed by atoms with E-state index in [4.69, 9.17) is 4.74 Å². The molecule has 0 spiro atoms. The van der Waals surface area contributed by atoms with Crippen LogP contribution in [0, 0.1) is 5.41 Å². The molecule has 0 saturated heterocycles. The highest BCUT2D eigenvalue weighted by molar-refractivity contribution is 5.83. The van der Waals surface area contributed by atoms with Crippen molar-refractivity contribution in [3.63, 3.8) is 0 Å². The van der Waals surface area contributed by atoms with E-state index in [1.165, 1.54) is 7.11 Å². The van der Waals surface area contributed by atoms with Gasteiger partial charge in [0.15, 0.2) is 0 Å². The summed E-state index contributed by atoms with van der Waals surface area (Å²) in [6.07, 6.45) is -0.667. The van der Waals surface area contributed by atoms with Crippen molar-refractivity contribution in [1.82, 2.24) is 10.6 Å². The van der Waals surface area contributed by atoms with Gasteiger partial charge in [-0.25, -0.2) is 4.79 Å². The van der Waals surface area contributed by atoms with Gasteiger partial charge in [-0.1, -0.05) is 0 Å². The molecule has 116 valence electrons. The smallest absolute Gasteiger partial charge is 0.408 e. The maximum absolute atomic E-state index is 11.5. The van der Waals surface area contributed by atoms with Crippen molar-refractivity contribution in [2.45, 2.75) is 40.2 Å². The van der Waals surface area contributed by atoms with Crippen LogP contribution >= 0.6 is 0 Å². The van der Waals surface area contributed by atoms with Crippen LogP contribution in [0.3, 0.4) is 0 Å². The van der Waals surface area contributed by atoms with Gasteiger partial charge in [-0.05, 0) is 34.6 Å². The van der Waals surface area contributed by atoms with Crippen molar-refractivity contribution in [2.75, 3.05) is 20.2 Å². The van der Waals surface area contributed by atoms with Crippen LogP contribution in [0.15, 0.2) is 0 Å². The summed E-state index contributed by atoms with van der Waals surface area (Å²) in [4.78, 5) is 34.3. The average Bonchev–Trinajstić information content (AvgIpc) is 2.30. The number of nitrogens with one attached hydrogen (secondary N) is 2. The summed E-state index contributed by atoms with van der Waals surface area (Å²) in [5, 5.41) is 4.88. The number of carbonyl (C=O) groups excluding carboxylic acids is 3. The van der Waals surface area contributed by atoms with Gasteiger partial charge in [0, 0.05) is 6.54 Å². The van der Waals surface area contributed by atoms with Gasteiger partial charge in [0.2, 0.25) is 5.91 Å². The molecule has 0 aliphatic rings. The number of esters is 1. The third-order valence-corrected chi connectivity index (χ3v) is 2.26. The Kier molecular flexibility index (Phi) is 6.48. The van der Waals surface area contributed by atoms with E-state index in [0.717, 1.165) is 0 Å². The number of carbonyl (C=O) groups is 3. The fourth-order valence-corrected chi connectivity index (χ4v) is 1.20. The monoisotopic (exact) mass is 288 g/mol. The molecule has 0 aromatic rings. The SMILES string of the molecule is COC(=O)C(C)(C)CNC(=O)CNC(=O)OC(C)(C)C. The van der Waals surface area contributed by atoms with Crippen LogP contribution in [-0.4, -0.2) is 43.8 Å². The summed E-state index contributed by atoms with van der Waals surface area (Å²) in [6, 6.07) is 0. The number of amides is 2. The summed E-state index contributed by atoms with van der Waals surface area (Å²) >= 11 is 0. The van der Waals surface area contributed by atoms with E-state index in [1.54, 1.807) is 34.6 Å². The van der Waals surface area contributed by atoms with E-state index < -0.39 is 29.0 Å². The van der Waals surface area contributed by atoms with Gasteiger partial charge in [-0.2, -0.15) is 0 Å². The molecular weight excluding hydrogens is 264 g/mol. The predicted octanol–water partition coefficient (Wildman–Crippen LogP) is 0.826. The summed E-state index contributed by atoms with van der Waals surface area (Å²) < 4.78 is 9.61. The van der Waals surface area contributed by atoms with Crippen LogP contribution in [0.25, 0.3) is 0 Å². The minimum Gasteiger partial charge on any atom is -0.469 e. The molecule has 0 aromatic heterocycles. The third kappa shape index (κ3) is 7.60. The van der Waals surface area contributed by atoms with Gasteiger partial charge < -0.3 is 20.1 Å². The minimum absolute atomic E-state index is 0.120. The molecule has 7 heteroatoms. The standard InChI is InChI=1S/C13H24N2O5/c1-12(2,3)20-11(18)14-7-9(16)15-8-13(4,5)10(17)19-6/h7-8H2,1-6H3,(H,14,18)(H,15,16). The Morgan fingerprint density at radius 1 is 1.00 bits per heavy atom. The third-order valence-electron chi connectivity index (χ3n) is 2.26. The second-order valence-electron chi connectivity index (χ2n) is 6.01. The highest BCUT2D eigenvalue weighted by Gasteiger charge is 2.29. The zero-order valence-corrected chi connectivity index (χ0v) is 13.0. The highest BCUT2D eigenvalue weighted by atomic mass is 16.6. The van der Waals surface area contributed by atoms with E-state index in [1.807, 2.05) is 0 Å². The Labute approximate surface area is 119 Å². The van der Waals surface area contributed by atoms with Gasteiger partial charge >= 0.3 is 12.1 Å². The second-order valence-corrected chi connectivity index (χ2v) is 6.01. The van der Waals surface area contributed by atoms with E-state index >= 15 is 0 Å². The Morgan fingerprint density at radius 3 is 2.00 bits per heavy atom. The molecule has 0 atom stereocenters. The molecule has 7 nitrogen and oxygen atoms in total. The highest BCUT2D eigenvalue weighted by Crippen LogP contribution is 2.15. The zero-order valence-electron chi connectivity index (χ0n) is 13.0. The van der Waals surface area contributed by atoms with Crippen LogP contribution in [0.2, 0.25) is 0 Å². The van der Waals surface area contributed by atoms with E-state index in [-0.39, 0.29) is 13.1 Å². The fraction of sp³-hybridized carbons (Fsp3) is 0.769. The summed E-state index contributed by atoms with van der Waals surface area (Å²) in [5.41, 5.74) is -1.44. The second kappa shape index (κ2) is 7.12. The maximum Gasteiger partial charge on any atom is 0.408 e. The first-order valence-electron chi connectivity index (χ1n) is 6.30.